The summed E-state index contributed by atoms with van der Waals surface area (Å²) in [5.41, 5.74) is 0. The van der Waals surface area contributed by atoms with E-state index < -0.39 is 69.3 Å². The lowest BCUT2D eigenvalue weighted by Gasteiger charge is -2.03. The molecule has 0 rings (SSSR count). The number of hydrogen-bond acceptors (Lipinski definition) is 0. The summed E-state index contributed by atoms with van der Waals surface area (Å²) in [6.07, 6.45) is 8.75. The van der Waals surface area contributed by atoms with Gasteiger partial charge in [-0.3, -0.25) is 0 Å². The van der Waals surface area contributed by atoms with Crippen LogP contribution < -0.4 is 0 Å². The van der Waals surface area contributed by atoms with Gasteiger partial charge in [0.25, 0.3) is 0 Å². The van der Waals surface area contributed by atoms with Crippen LogP contribution in [0.25, 0.3) is 0 Å². The fourth-order valence-electron chi connectivity index (χ4n) is 3.94. The molecule has 0 aliphatic heterocycles. The molecule has 0 unspecified atom stereocenters. The topological polar surface area (TPSA) is 0 Å². The summed E-state index contributed by atoms with van der Waals surface area (Å²) in [7, 11) is 0. The Morgan fingerprint density at radius 1 is 0.514 bits per heavy atom. The molecule has 0 aliphatic carbocycles. The molecule has 0 nitrogen and oxygen atoms in total. The van der Waals surface area contributed by atoms with Crippen LogP contribution in [0.1, 0.15) is 213 Å². The number of unbranched alkanes of at least 4 members (excludes halogenated alkanes) is 17. The molecule has 216 valence electrons. The maximum Gasteiger partial charge on any atom is 0.0576 e. The predicted octanol–water partition coefficient (Wildman–Crippen LogP) is 13.8. The van der Waals surface area contributed by atoms with Crippen LogP contribution in [0.15, 0.2) is 48.5 Å². The minimum atomic E-state index is -4.15. The van der Waals surface area contributed by atoms with Crippen molar-refractivity contribution in [2.75, 3.05) is 0 Å². The summed E-state index contributed by atoms with van der Waals surface area (Å²) in [4.78, 5) is 0. The van der Waals surface area contributed by atoms with Crippen LogP contribution in [0, 0.1) is 0 Å². The molecule has 0 atom stereocenters. The van der Waals surface area contributed by atoms with Gasteiger partial charge in [-0.05, 0) is 64.0 Å². The van der Waals surface area contributed by atoms with E-state index in [4.69, 9.17) is 26.0 Å². The quantitative estimate of drug-likeness (QED) is 0.0638. The summed E-state index contributed by atoms with van der Waals surface area (Å²) in [6.45, 7) is -1.55. The van der Waals surface area contributed by atoms with E-state index in [-0.39, 0.29) is 6.42 Å². The monoisotopic (exact) mass is 532 g/mol. The van der Waals surface area contributed by atoms with E-state index in [9.17, 15) is 0 Å². The highest BCUT2D eigenvalue weighted by Gasteiger charge is 1.94. The Bertz CT molecular complexity index is 1240. The van der Waals surface area contributed by atoms with Gasteiger partial charge >= 0.3 is 0 Å². The van der Waals surface area contributed by atoms with E-state index in [1.165, 1.54) is 77.0 Å². The van der Waals surface area contributed by atoms with Crippen molar-refractivity contribution >= 4 is 0 Å². The molecule has 0 aliphatic rings. The van der Waals surface area contributed by atoms with E-state index in [1.54, 1.807) is 0 Å². The van der Waals surface area contributed by atoms with E-state index in [0.29, 0.717) is 12.8 Å². The van der Waals surface area contributed by atoms with Crippen LogP contribution in [0.2, 0.25) is 0 Å². The molecule has 0 spiro atoms. The number of rotatable bonds is 30. The Labute approximate surface area is 262 Å². The van der Waals surface area contributed by atoms with E-state index in [1.807, 2.05) is 0 Å². The van der Waals surface area contributed by atoms with Gasteiger partial charge in [-0.1, -0.05) is 171 Å². The second-order valence-electron chi connectivity index (χ2n) is 9.46. The van der Waals surface area contributed by atoms with Crippen molar-refractivity contribution in [2.24, 2.45) is 0 Å². The zero-order valence-corrected chi connectivity index (χ0v) is 23.7. The van der Waals surface area contributed by atoms with Crippen molar-refractivity contribution in [3.8, 4) is 0 Å². The van der Waals surface area contributed by atoms with Crippen molar-refractivity contribution in [3.63, 3.8) is 0 Å². The third-order valence-corrected chi connectivity index (χ3v) is 6.09. The Hall–Kier alpha value is -1.04. The number of hydrogen-bond donors (Lipinski definition) is 0. The van der Waals surface area contributed by atoms with Gasteiger partial charge in [-0.25, -0.2) is 0 Å². The van der Waals surface area contributed by atoms with Gasteiger partial charge in [0.1, 0.15) is 0 Å². The van der Waals surface area contributed by atoms with Gasteiger partial charge in [0.2, 0.25) is 0 Å². The van der Waals surface area contributed by atoms with Gasteiger partial charge in [-0.2, -0.15) is 0 Å². The highest BCUT2D eigenvalue weighted by molar-refractivity contribution is 4.93. The standard InChI is InChI=1S/C37H68/c1-3-5-7-9-11-13-15-17-19-21-23-25-27-29-31-33-35-37-36-34-32-30-28-26-24-22-20-18-16-14-12-10-8-6-4-2/h11-14,17-20H,3-10,15-16,21-37H2,1-2H3/i1D3,3D2,5D2,7D2,9D2,11D,13D,15D2,17D,19D,21D2. The molecule has 0 aromatic rings. The van der Waals surface area contributed by atoms with Crippen LogP contribution >= 0.6 is 0 Å². The maximum absolute atomic E-state index is 8.28. The molecule has 0 radical (unpaired) electrons. The van der Waals surface area contributed by atoms with Crippen LogP contribution in [0.3, 0.4) is 0 Å². The minimum absolute atomic E-state index is 0.240. The van der Waals surface area contributed by atoms with Crippen LogP contribution in [-0.4, -0.2) is 0 Å². The second-order valence-corrected chi connectivity index (χ2v) is 9.46. The summed E-state index contributed by atoms with van der Waals surface area (Å²) in [5, 5.41) is 0. The molecule has 0 amide bonds. The molecule has 0 heteroatoms. The fraction of sp³-hybridized carbons (Fsp3) is 0.784. The molecule has 0 bridgehead atoms. The Balaban J connectivity index is 4.72. The van der Waals surface area contributed by atoms with Gasteiger partial charge in [0.05, 0.1) is 5.48 Å². The van der Waals surface area contributed by atoms with Gasteiger partial charge in [-0.15, -0.1) is 0 Å². The lowest BCUT2D eigenvalue weighted by Crippen LogP contribution is -1.83. The maximum atomic E-state index is 8.28. The van der Waals surface area contributed by atoms with Crippen LogP contribution in [0.5, 0.6) is 0 Å². The highest BCUT2D eigenvalue weighted by atomic mass is 14.0. The molecule has 0 aromatic heterocycles. The third kappa shape index (κ3) is 35.0. The molecule has 0 saturated heterocycles. The zero-order chi connectivity index (χ0) is 43.5. The van der Waals surface area contributed by atoms with Crippen molar-refractivity contribution in [2.45, 2.75) is 187 Å². The Morgan fingerprint density at radius 3 is 1.54 bits per heavy atom. The van der Waals surface area contributed by atoms with E-state index >= 15 is 0 Å². The number of allylic oxidation sites excluding steroid dienone is 8. The van der Waals surface area contributed by atoms with Gasteiger partial charge in [0, 0.05) is 20.6 Å². The first-order valence-corrected chi connectivity index (χ1v) is 14.9. The zero-order valence-electron chi connectivity index (χ0n) is 42.7. The van der Waals surface area contributed by atoms with Crippen molar-refractivity contribution in [1.29, 1.82) is 0 Å². The van der Waals surface area contributed by atoms with Gasteiger partial charge in [0.15, 0.2) is 0 Å². The smallest absolute Gasteiger partial charge is 0.0576 e. The average molecular weight is 532 g/mol. The summed E-state index contributed by atoms with van der Waals surface area (Å²) < 4.78 is 151. The lowest BCUT2D eigenvalue weighted by molar-refractivity contribution is 0.531. The van der Waals surface area contributed by atoms with Crippen molar-refractivity contribution in [1.82, 2.24) is 0 Å². The molecule has 0 fully saturated rings. The Morgan fingerprint density at radius 2 is 1.00 bits per heavy atom. The van der Waals surface area contributed by atoms with E-state index in [0.717, 1.165) is 38.5 Å². The van der Waals surface area contributed by atoms with Gasteiger partial charge < -0.3 is 0 Å². The van der Waals surface area contributed by atoms with Crippen LogP contribution in [0.4, 0.5) is 0 Å². The van der Waals surface area contributed by atoms with Crippen LogP contribution in [-0.2, 0) is 0 Å². The molecule has 0 aromatic carbocycles. The molecule has 0 N–H and O–H groups in total. The molecule has 0 saturated carbocycles. The lowest BCUT2D eigenvalue weighted by atomic mass is 10.0. The summed E-state index contributed by atoms with van der Waals surface area (Å²) in [6, 6.07) is -6.12. The first-order valence-electron chi connectivity index (χ1n) is 24.4. The highest BCUT2D eigenvalue weighted by Crippen LogP contribution is 2.14. The minimum Gasteiger partial charge on any atom is -0.0882 e. The second kappa shape index (κ2) is 35.0. The average Bonchev–Trinajstić information content (AvgIpc) is 3.11. The summed E-state index contributed by atoms with van der Waals surface area (Å²) in [5.74, 6) is 0. The Kier molecular flexibility index (Phi) is 14.3. The first kappa shape index (κ1) is 15.1. The normalized spacial score (nSPS) is 23.6. The molecular weight excluding hydrogens is 444 g/mol. The summed E-state index contributed by atoms with van der Waals surface area (Å²) >= 11 is 0. The van der Waals surface area contributed by atoms with E-state index in [2.05, 4.69) is 31.2 Å². The van der Waals surface area contributed by atoms with Crippen molar-refractivity contribution < 1.29 is 26.0 Å². The first-order chi connectivity index (χ1) is 25.7. The molecular formula is C37H68. The SMILES string of the molecule is [2H]C(=C([2H])C([2H])([2H])C([2H])=C([2H])C([2H])([2H])C([2H])([2H])C([2H])([2H])C([2H])([2H])C([2H])([2H])[2H])C([2H])([2H])CCCCCCCCCCCCCCCCC=CCC=CCCCCC. The largest absolute Gasteiger partial charge is 0.0882 e. The predicted molar refractivity (Wildman–Crippen MR) is 173 cm³/mol. The fourth-order valence-corrected chi connectivity index (χ4v) is 3.94. The molecule has 0 heterocycles. The third-order valence-electron chi connectivity index (χ3n) is 6.09. The molecule has 37 heavy (non-hydrogen) atoms. The van der Waals surface area contributed by atoms with Crippen molar-refractivity contribution in [3.05, 3.63) is 48.5 Å².